The van der Waals surface area contributed by atoms with Gasteiger partial charge in [-0.1, -0.05) is 0 Å². The summed E-state index contributed by atoms with van der Waals surface area (Å²) in [6.07, 6.45) is 3.47. The maximum atomic E-state index is 12.4. The Labute approximate surface area is 247 Å². The number of hydrogen-bond donors (Lipinski definition) is 1. The average Bonchev–Trinajstić information content (AvgIpc) is 2.97. The Hall–Kier alpha value is -3.97. The van der Waals surface area contributed by atoms with Gasteiger partial charge in [-0.15, -0.1) is 10.2 Å². The van der Waals surface area contributed by atoms with Crippen LogP contribution in [0.1, 0.15) is 43.7 Å². The molecule has 0 atom stereocenters. The quantitative estimate of drug-likeness (QED) is 0.369. The first-order valence-electron chi connectivity index (χ1n) is 13.7. The van der Waals surface area contributed by atoms with Gasteiger partial charge >= 0.3 is 0 Å². The minimum absolute atomic E-state index is 0.0618. The standard InChI is InChI=1S/C29H38N6O6S/c1-7-41-22-14-21(17-30-18-22)20-15-25(39-5)23(26(16-20)40-6)19-34-10-12-35(13-11-34)27-9-8-24(31-32-27)28(36)33-42(37,38)29(2,3)4/h8-9,14-18H,7,10-13,19H2,1-6H3,(H,33,36). The molecule has 1 aliphatic rings. The average molecular weight is 599 g/mol. The molecule has 13 heteroatoms. The fourth-order valence-electron chi connectivity index (χ4n) is 4.43. The number of ether oxygens (including phenoxy) is 3. The number of aromatic nitrogens is 3. The van der Waals surface area contributed by atoms with Gasteiger partial charge in [0.15, 0.2) is 11.5 Å². The molecule has 1 fully saturated rings. The Bertz CT molecular complexity index is 1470. The van der Waals surface area contributed by atoms with Crippen LogP contribution in [0.25, 0.3) is 11.1 Å². The van der Waals surface area contributed by atoms with E-state index in [9.17, 15) is 13.2 Å². The zero-order valence-electron chi connectivity index (χ0n) is 24.9. The molecule has 42 heavy (non-hydrogen) atoms. The summed E-state index contributed by atoms with van der Waals surface area (Å²) in [5.41, 5.74) is 2.70. The molecule has 1 N–H and O–H groups in total. The number of piperazine rings is 1. The van der Waals surface area contributed by atoms with Crippen LogP contribution >= 0.6 is 0 Å². The van der Waals surface area contributed by atoms with Crippen molar-refractivity contribution in [3.63, 3.8) is 0 Å². The number of methoxy groups -OCH3 is 2. The Kier molecular flexibility index (Phi) is 9.52. The molecule has 0 spiro atoms. The normalized spacial score (nSPS) is 14.4. The summed E-state index contributed by atoms with van der Waals surface area (Å²) < 4.78 is 42.7. The maximum absolute atomic E-state index is 12.4. The Morgan fingerprint density at radius 3 is 2.17 bits per heavy atom. The summed E-state index contributed by atoms with van der Waals surface area (Å²) in [6.45, 7) is 10.5. The molecule has 12 nitrogen and oxygen atoms in total. The van der Waals surface area contributed by atoms with E-state index in [2.05, 4.69) is 29.7 Å². The minimum atomic E-state index is -3.85. The first kappa shape index (κ1) is 31.0. The van der Waals surface area contributed by atoms with Crippen LogP contribution < -0.4 is 23.8 Å². The molecule has 1 aliphatic heterocycles. The van der Waals surface area contributed by atoms with E-state index in [4.69, 9.17) is 14.2 Å². The third-order valence-electron chi connectivity index (χ3n) is 6.96. The maximum Gasteiger partial charge on any atom is 0.285 e. The van der Waals surface area contributed by atoms with Crippen molar-refractivity contribution in [1.29, 1.82) is 0 Å². The molecule has 0 aliphatic carbocycles. The molecular weight excluding hydrogens is 560 g/mol. The highest BCUT2D eigenvalue weighted by molar-refractivity contribution is 7.91. The number of amides is 1. The largest absolute Gasteiger partial charge is 0.496 e. The molecule has 1 saturated heterocycles. The molecule has 3 aromatic rings. The van der Waals surface area contributed by atoms with Gasteiger partial charge in [-0.25, -0.2) is 13.1 Å². The summed E-state index contributed by atoms with van der Waals surface area (Å²) in [5.74, 6) is 1.96. The van der Waals surface area contributed by atoms with Crippen LogP contribution in [-0.4, -0.2) is 86.2 Å². The molecule has 1 amide bonds. The fourth-order valence-corrected chi connectivity index (χ4v) is 5.08. The van der Waals surface area contributed by atoms with Gasteiger partial charge in [0.1, 0.15) is 17.2 Å². The number of pyridine rings is 1. The van der Waals surface area contributed by atoms with Crippen LogP contribution in [0, 0.1) is 0 Å². The number of rotatable bonds is 10. The number of hydrogen-bond acceptors (Lipinski definition) is 11. The lowest BCUT2D eigenvalue weighted by Gasteiger charge is -2.35. The number of nitrogens with one attached hydrogen (secondary N) is 1. The van der Waals surface area contributed by atoms with Crippen LogP contribution in [0.5, 0.6) is 17.2 Å². The molecule has 0 radical (unpaired) electrons. The molecule has 0 saturated carbocycles. The van der Waals surface area contributed by atoms with Crippen LogP contribution in [0.2, 0.25) is 0 Å². The smallest absolute Gasteiger partial charge is 0.285 e. The number of benzene rings is 1. The summed E-state index contributed by atoms with van der Waals surface area (Å²) in [6, 6.07) is 9.08. The van der Waals surface area contributed by atoms with Gasteiger partial charge in [-0.05, 0) is 63.6 Å². The van der Waals surface area contributed by atoms with Gasteiger partial charge in [0.2, 0.25) is 10.0 Å². The van der Waals surface area contributed by atoms with E-state index >= 15 is 0 Å². The van der Waals surface area contributed by atoms with Crippen molar-refractivity contribution in [2.75, 3.05) is 51.9 Å². The highest BCUT2D eigenvalue weighted by Crippen LogP contribution is 2.36. The number of carbonyl (C=O) groups excluding carboxylic acids is 1. The predicted octanol–water partition coefficient (Wildman–Crippen LogP) is 3.13. The van der Waals surface area contributed by atoms with Gasteiger partial charge < -0.3 is 19.1 Å². The van der Waals surface area contributed by atoms with E-state index in [-0.39, 0.29) is 5.69 Å². The van der Waals surface area contributed by atoms with Gasteiger partial charge in [0.25, 0.3) is 5.91 Å². The van der Waals surface area contributed by atoms with Crippen molar-refractivity contribution in [1.82, 2.24) is 24.8 Å². The zero-order chi connectivity index (χ0) is 30.5. The van der Waals surface area contributed by atoms with Gasteiger partial charge in [0.05, 0.1) is 37.3 Å². The SMILES string of the molecule is CCOc1cncc(-c2cc(OC)c(CN3CCN(c4ccc(C(=O)NS(=O)(=O)C(C)(C)C)nn4)CC3)c(OC)c2)c1. The van der Waals surface area contributed by atoms with E-state index in [0.717, 1.165) is 41.3 Å². The molecule has 2 aromatic heterocycles. The Morgan fingerprint density at radius 1 is 0.952 bits per heavy atom. The number of anilines is 1. The Balaban J connectivity index is 1.41. The topological polar surface area (TPSA) is 136 Å². The van der Waals surface area contributed by atoms with E-state index in [1.54, 1.807) is 32.7 Å². The van der Waals surface area contributed by atoms with E-state index in [1.165, 1.54) is 26.8 Å². The molecular formula is C29H38N6O6S. The summed E-state index contributed by atoms with van der Waals surface area (Å²) in [5, 5.41) is 8.16. The van der Waals surface area contributed by atoms with Crippen LogP contribution in [0.4, 0.5) is 5.82 Å². The molecule has 0 bridgehead atoms. The van der Waals surface area contributed by atoms with Crippen molar-refractivity contribution in [3.8, 4) is 28.4 Å². The Morgan fingerprint density at radius 2 is 1.62 bits per heavy atom. The summed E-state index contributed by atoms with van der Waals surface area (Å²) in [7, 11) is -0.550. The van der Waals surface area contributed by atoms with E-state index < -0.39 is 20.7 Å². The van der Waals surface area contributed by atoms with Crippen molar-refractivity contribution in [2.45, 2.75) is 39.0 Å². The first-order chi connectivity index (χ1) is 20.0. The van der Waals surface area contributed by atoms with E-state index in [1.807, 2.05) is 25.1 Å². The second kappa shape index (κ2) is 12.9. The van der Waals surface area contributed by atoms with E-state index in [0.29, 0.717) is 37.8 Å². The van der Waals surface area contributed by atoms with Crippen LogP contribution in [-0.2, 0) is 16.6 Å². The third-order valence-corrected chi connectivity index (χ3v) is 9.03. The van der Waals surface area contributed by atoms with Gasteiger partial charge in [-0.3, -0.25) is 14.7 Å². The molecule has 3 heterocycles. The monoisotopic (exact) mass is 598 g/mol. The van der Waals surface area contributed by atoms with Crippen molar-refractivity contribution in [3.05, 3.63) is 54.0 Å². The number of nitrogens with zero attached hydrogens (tertiary/aromatic N) is 5. The highest BCUT2D eigenvalue weighted by Gasteiger charge is 2.31. The van der Waals surface area contributed by atoms with Gasteiger partial charge in [0, 0.05) is 44.5 Å². The van der Waals surface area contributed by atoms with Crippen molar-refractivity contribution >= 4 is 21.7 Å². The number of carbonyl (C=O) groups is 1. The third kappa shape index (κ3) is 7.08. The van der Waals surface area contributed by atoms with Crippen molar-refractivity contribution in [2.24, 2.45) is 0 Å². The second-order valence-corrected chi connectivity index (χ2v) is 13.2. The molecule has 4 rings (SSSR count). The highest BCUT2D eigenvalue weighted by atomic mass is 32.2. The molecule has 0 unspecified atom stereocenters. The fraction of sp³-hybridized carbons (Fsp3) is 0.448. The zero-order valence-corrected chi connectivity index (χ0v) is 25.7. The first-order valence-corrected chi connectivity index (χ1v) is 15.1. The lowest BCUT2D eigenvalue weighted by molar-refractivity contribution is 0.0974. The molecule has 226 valence electrons. The van der Waals surface area contributed by atoms with Gasteiger partial charge in [-0.2, -0.15) is 0 Å². The van der Waals surface area contributed by atoms with Crippen LogP contribution in [0.3, 0.4) is 0 Å². The summed E-state index contributed by atoms with van der Waals surface area (Å²) in [4.78, 5) is 21.1. The summed E-state index contributed by atoms with van der Waals surface area (Å²) >= 11 is 0. The second-order valence-electron chi connectivity index (χ2n) is 10.8. The predicted molar refractivity (Wildman–Crippen MR) is 160 cm³/mol. The van der Waals surface area contributed by atoms with Crippen molar-refractivity contribution < 1.29 is 27.4 Å². The molecule has 1 aromatic carbocycles. The minimum Gasteiger partial charge on any atom is -0.496 e. The van der Waals surface area contributed by atoms with Crippen LogP contribution in [0.15, 0.2) is 42.7 Å². The number of sulfonamides is 1. The lowest BCUT2D eigenvalue weighted by Crippen LogP contribution is -2.46. The lowest BCUT2D eigenvalue weighted by atomic mass is 10.0.